The van der Waals surface area contributed by atoms with Crippen molar-refractivity contribution >= 4 is 5.91 Å². The second-order valence-electron chi connectivity index (χ2n) is 4.92. The van der Waals surface area contributed by atoms with Crippen molar-refractivity contribution in [3.8, 4) is 5.75 Å². The molecule has 1 fully saturated rings. The zero-order valence-electron chi connectivity index (χ0n) is 10.5. The first kappa shape index (κ1) is 14.6. The Morgan fingerprint density at radius 2 is 2.10 bits per heavy atom. The van der Waals surface area contributed by atoms with Gasteiger partial charge in [0.25, 0.3) is 5.91 Å². The van der Waals surface area contributed by atoms with Gasteiger partial charge in [0, 0.05) is 17.5 Å². The molecule has 7 heteroatoms. The highest BCUT2D eigenvalue weighted by Crippen LogP contribution is 2.44. The number of benzene rings is 1. The topological polar surface area (TPSA) is 58.6 Å². The number of hydrogen-bond donors (Lipinski definition) is 2. The molecular formula is C13H14F3NO3. The van der Waals surface area contributed by atoms with Gasteiger partial charge in [-0.2, -0.15) is 0 Å². The van der Waals surface area contributed by atoms with Crippen molar-refractivity contribution in [2.75, 3.05) is 13.2 Å². The Hall–Kier alpha value is -1.76. The van der Waals surface area contributed by atoms with E-state index in [9.17, 15) is 18.0 Å². The molecule has 0 saturated heterocycles. The summed E-state index contributed by atoms with van der Waals surface area (Å²) < 4.78 is 40.0. The normalized spacial score (nSPS) is 16.6. The van der Waals surface area contributed by atoms with E-state index in [-0.39, 0.29) is 17.6 Å². The van der Waals surface area contributed by atoms with E-state index in [1.54, 1.807) is 0 Å². The quantitative estimate of drug-likeness (QED) is 0.872. The van der Waals surface area contributed by atoms with Crippen molar-refractivity contribution in [2.45, 2.75) is 19.2 Å². The first-order valence-electron chi connectivity index (χ1n) is 6.08. The van der Waals surface area contributed by atoms with Gasteiger partial charge in [-0.05, 0) is 31.0 Å². The standard InChI is InChI=1S/C13H14F3NO3/c14-13(15,16)20-10-3-1-2-9(6-10)11(19)17-7-12(8-18)4-5-12/h1-3,6,18H,4-5,7-8H2,(H,17,19). The van der Waals surface area contributed by atoms with E-state index < -0.39 is 18.0 Å². The smallest absolute Gasteiger partial charge is 0.406 e. The van der Waals surface area contributed by atoms with Crippen LogP contribution < -0.4 is 10.1 Å². The Kier molecular flexibility index (Phi) is 3.89. The zero-order chi connectivity index (χ0) is 14.8. The summed E-state index contributed by atoms with van der Waals surface area (Å²) in [5.41, 5.74) is -0.170. The van der Waals surface area contributed by atoms with Gasteiger partial charge in [0.05, 0.1) is 6.61 Å². The number of aliphatic hydroxyl groups excluding tert-OH is 1. The van der Waals surface area contributed by atoms with Crippen LogP contribution in [0.5, 0.6) is 5.75 Å². The van der Waals surface area contributed by atoms with E-state index in [0.717, 1.165) is 25.0 Å². The van der Waals surface area contributed by atoms with Crippen LogP contribution in [0.1, 0.15) is 23.2 Å². The van der Waals surface area contributed by atoms with Crippen LogP contribution >= 0.6 is 0 Å². The Labute approximate surface area is 113 Å². The van der Waals surface area contributed by atoms with Gasteiger partial charge in [0.2, 0.25) is 0 Å². The van der Waals surface area contributed by atoms with Gasteiger partial charge in [0.15, 0.2) is 0 Å². The highest BCUT2D eigenvalue weighted by molar-refractivity contribution is 5.94. The number of halogens is 3. The van der Waals surface area contributed by atoms with Crippen LogP contribution in [0.15, 0.2) is 24.3 Å². The lowest BCUT2D eigenvalue weighted by molar-refractivity contribution is -0.274. The number of ether oxygens (including phenoxy) is 1. The molecule has 1 aromatic rings. The lowest BCUT2D eigenvalue weighted by Crippen LogP contribution is -2.31. The number of aliphatic hydroxyl groups is 1. The molecular weight excluding hydrogens is 275 g/mol. The molecule has 1 aromatic carbocycles. The minimum Gasteiger partial charge on any atom is -0.406 e. The summed E-state index contributed by atoms with van der Waals surface area (Å²) in [5.74, 6) is -0.925. The van der Waals surface area contributed by atoms with Crippen molar-refractivity contribution in [3.63, 3.8) is 0 Å². The number of alkyl halides is 3. The minimum absolute atomic E-state index is 0.00942. The Bertz CT molecular complexity index is 498. The molecule has 1 saturated carbocycles. The summed E-state index contributed by atoms with van der Waals surface area (Å²) in [6, 6.07) is 4.87. The van der Waals surface area contributed by atoms with E-state index in [1.165, 1.54) is 12.1 Å². The first-order valence-corrected chi connectivity index (χ1v) is 6.08. The Morgan fingerprint density at radius 3 is 2.65 bits per heavy atom. The van der Waals surface area contributed by atoms with E-state index in [1.807, 2.05) is 0 Å². The lowest BCUT2D eigenvalue weighted by Gasteiger charge is -2.13. The molecule has 0 unspecified atom stereocenters. The first-order chi connectivity index (χ1) is 9.34. The molecule has 1 amide bonds. The Morgan fingerprint density at radius 1 is 1.40 bits per heavy atom. The van der Waals surface area contributed by atoms with Gasteiger partial charge in [-0.3, -0.25) is 4.79 Å². The third-order valence-electron chi connectivity index (χ3n) is 3.25. The van der Waals surface area contributed by atoms with Crippen molar-refractivity contribution in [3.05, 3.63) is 29.8 Å². The highest BCUT2D eigenvalue weighted by Gasteiger charge is 2.42. The van der Waals surface area contributed by atoms with Crippen LogP contribution in [0.3, 0.4) is 0 Å². The SMILES string of the molecule is O=C(NCC1(CO)CC1)c1cccc(OC(F)(F)F)c1. The molecule has 2 N–H and O–H groups in total. The summed E-state index contributed by atoms with van der Waals surface area (Å²) >= 11 is 0. The molecule has 0 spiro atoms. The second-order valence-corrected chi connectivity index (χ2v) is 4.92. The largest absolute Gasteiger partial charge is 0.573 e. The predicted molar refractivity (Wildman–Crippen MR) is 64.2 cm³/mol. The zero-order valence-corrected chi connectivity index (χ0v) is 10.5. The molecule has 1 aliphatic rings. The van der Waals surface area contributed by atoms with E-state index in [2.05, 4.69) is 10.1 Å². The molecule has 0 aromatic heterocycles. The fourth-order valence-electron chi connectivity index (χ4n) is 1.77. The van der Waals surface area contributed by atoms with Gasteiger partial charge in [-0.25, -0.2) is 0 Å². The molecule has 20 heavy (non-hydrogen) atoms. The van der Waals surface area contributed by atoms with Crippen LogP contribution in [0.4, 0.5) is 13.2 Å². The minimum atomic E-state index is -4.79. The third kappa shape index (κ3) is 3.86. The van der Waals surface area contributed by atoms with Crippen LogP contribution in [0, 0.1) is 5.41 Å². The van der Waals surface area contributed by atoms with E-state index >= 15 is 0 Å². The molecule has 0 bridgehead atoms. The number of carbonyl (C=O) groups excluding carboxylic acids is 1. The fourth-order valence-corrected chi connectivity index (χ4v) is 1.77. The van der Waals surface area contributed by atoms with Gasteiger partial charge in [0.1, 0.15) is 5.75 Å². The fraction of sp³-hybridized carbons (Fsp3) is 0.462. The average molecular weight is 289 g/mol. The van der Waals surface area contributed by atoms with Crippen molar-refractivity contribution in [2.24, 2.45) is 5.41 Å². The van der Waals surface area contributed by atoms with Crippen molar-refractivity contribution < 1.29 is 27.8 Å². The molecule has 0 heterocycles. The van der Waals surface area contributed by atoms with E-state index in [0.29, 0.717) is 6.54 Å². The maximum Gasteiger partial charge on any atom is 0.573 e. The summed E-state index contributed by atoms with van der Waals surface area (Å²) in [5, 5.41) is 11.7. The maximum absolute atomic E-state index is 12.1. The van der Waals surface area contributed by atoms with Crippen LogP contribution in [-0.4, -0.2) is 30.5 Å². The Balaban J connectivity index is 1.97. The van der Waals surface area contributed by atoms with Crippen LogP contribution in [0.25, 0.3) is 0 Å². The molecule has 4 nitrogen and oxygen atoms in total. The summed E-state index contributed by atoms with van der Waals surface area (Å²) in [7, 11) is 0. The summed E-state index contributed by atoms with van der Waals surface area (Å²) in [4.78, 5) is 11.8. The van der Waals surface area contributed by atoms with Crippen LogP contribution in [-0.2, 0) is 0 Å². The molecule has 0 radical (unpaired) electrons. The predicted octanol–water partition coefficient (Wildman–Crippen LogP) is 2.09. The van der Waals surface area contributed by atoms with Gasteiger partial charge in [-0.1, -0.05) is 6.07 Å². The van der Waals surface area contributed by atoms with Gasteiger partial charge >= 0.3 is 6.36 Å². The highest BCUT2D eigenvalue weighted by atomic mass is 19.4. The van der Waals surface area contributed by atoms with Crippen molar-refractivity contribution in [1.29, 1.82) is 0 Å². The average Bonchev–Trinajstić information content (AvgIpc) is 3.15. The molecule has 2 rings (SSSR count). The monoisotopic (exact) mass is 289 g/mol. The molecule has 110 valence electrons. The molecule has 0 aliphatic heterocycles. The number of nitrogens with one attached hydrogen (secondary N) is 1. The molecule has 1 aliphatic carbocycles. The second kappa shape index (κ2) is 5.32. The van der Waals surface area contributed by atoms with Crippen molar-refractivity contribution in [1.82, 2.24) is 5.32 Å². The lowest BCUT2D eigenvalue weighted by atomic mass is 10.1. The van der Waals surface area contributed by atoms with Gasteiger partial charge < -0.3 is 15.2 Å². The number of carbonyl (C=O) groups is 1. The summed E-state index contributed by atoms with van der Waals surface area (Å²) in [6.07, 6.45) is -3.12. The number of amides is 1. The third-order valence-corrected chi connectivity index (χ3v) is 3.25. The molecule has 0 atom stereocenters. The number of hydrogen-bond acceptors (Lipinski definition) is 3. The van der Waals surface area contributed by atoms with E-state index in [4.69, 9.17) is 5.11 Å². The summed E-state index contributed by atoms with van der Waals surface area (Å²) in [6.45, 7) is 0.303. The number of rotatable bonds is 5. The van der Waals surface area contributed by atoms with Crippen LogP contribution in [0.2, 0.25) is 0 Å². The maximum atomic E-state index is 12.1. The van der Waals surface area contributed by atoms with Gasteiger partial charge in [-0.15, -0.1) is 13.2 Å².